The third-order valence-corrected chi connectivity index (χ3v) is 4.52. The standard InChI is InChI=1S/C20H19F3N4O3/c1-10-8-13(12(3)30-10)17-9-15(24)19(29)27(26-17)11(2)18(28)25-16-7-5-4-6-14(16)20(21,22)23/h4-9,11H,24H2,1-3H3,(H,25,28)/t11-/m1/s1. The Morgan fingerprint density at radius 1 is 1.23 bits per heavy atom. The van der Waals surface area contributed by atoms with Gasteiger partial charge in [-0.2, -0.15) is 18.3 Å². The van der Waals surface area contributed by atoms with Gasteiger partial charge in [0, 0.05) is 5.56 Å². The first-order valence-corrected chi connectivity index (χ1v) is 8.93. The van der Waals surface area contributed by atoms with E-state index in [1.54, 1.807) is 19.9 Å². The molecule has 3 rings (SSSR count). The van der Waals surface area contributed by atoms with Crippen LogP contribution in [0.3, 0.4) is 0 Å². The van der Waals surface area contributed by atoms with Gasteiger partial charge in [0.05, 0.1) is 16.9 Å². The van der Waals surface area contributed by atoms with Crippen LogP contribution in [0.15, 0.2) is 45.6 Å². The topological polar surface area (TPSA) is 103 Å². The minimum atomic E-state index is -4.65. The number of carbonyl (C=O) groups is 1. The molecular formula is C20H19F3N4O3. The minimum absolute atomic E-state index is 0.159. The van der Waals surface area contributed by atoms with Gasteiger partial charge < -0.3 is 15.5 Å². The quantitative estimate of drug-likeness (QED) is 0.666. The van der Waals surface area contributed by atoms with Crippen molar-refractivity contribution in [3.05, 3.63) is 63.8 Å². The lowest BCUT2D eigenvalue weighted by Gasteiger charge is -2.18. The van der Waals surface area contributed by atoms with E-state index in [0.717, 1.165) is 16.8 Å². The smallest absolute Gasteiger partial charge is 0.418 e. The third-order valence-electron chi connectivity index (χ3n) is 4.52. The van der Waals surface area contributed by atoms with Crippen LogP contribution in [-0.4, -0.2) is 15.7 Å². The number of hydrogen-bond acceptors (Lipinski definition) is 5. The van der Waals surface area contributed by atoms with Gasteiger partial charge in [-0.1, -0.05) is 12.1 Å². The number of para-hydroxylation sites is 1. The number of halogens is 3. The van der Waals surface area contributed by atoms with E-state index < -0.39 is 34.9 Å². The maximum atomic E-state index is 13.2. The van der Waals surface area contributed by atoms with Crippen LogP contribution in [0.5, 0.6) is 0 Å². The summed E-state index contributed by atoms with van der Waals surface area (Å²) in [6.45, 7) is 4.79. The van der Waals surface area contributed by atoms with Gasteiger partial charge in [0.2, 0.25) is 5.91 Å². The summed E-state index contributed by atoms with van der Waals surface area (Å²) >= 11 is 0. The number of nitrogens with two attached hydrogens (primary N) is 1. The molecule has 1 amide bonds. The predicted octanol–water partition coefficient (Wildman–Crippen LogP) is 3.92. The van der Waals surface area contributed by atoms with Gasteiger partial charge in [-0.15, -0.1) is 0 Å². The molecule has 158 valence electrons. The molecule has 0 saturated carbocycles. The number of aryl methyl sites for hydroxylation is 2. The first kappa shape index (κ1) is 21.2. The van der Waals surface area contributed by atoms with E-state index in [-0.39, 0.29) is 5.69 Å². The van der Waals surface area contributed by atoms with Crippen LogP contribution in [0, 0.1) is 13.8 Å². The van der Waals surface area contributed by atoms with E-state index in [9.17, 15) is 22.8 Å². The van der Waals surface area contributed by atoms with Crippen molar-refractivity contribution in [2.24, 2.45) is 0 Å². The highest BCUT2D eigenvalue weighted by Gasteiger charge is 2.34. The van der Waals surface area contributed by atoms with Crippen LogP contribution in [-0.2, 0) is 11.0 Å². The van der Waals surface area contributed by atoms with E-state index in [1.165, 1.54) is 25.1 Å². The Kier molecular flexibility index (Phi) is 5.43. The van der Waals surface area contributed by atoms with Crippen molar-refractivity contribution in [2.45, 2.75) is 33.0 Å². The summed E-state index contributed by atoms with van der Waals surface area (Å²) in [5.74, 6) is 0.314. The van der Waals surface area contributed by atoms with Gasteiger partial charge in [-0.05, 0) is 45.0 Å². The van der Waals surface area contributed by atoms with Crippen LogP contribution >= 0.6 is 0 Å². The average Bonchev–Trinajstić information content (AvgIpc) is 3.01. The summed E-state index contributed by atoms with van der Waals surface area (Å²) in [7, 11) is 0. The Bertz CT molecular complexity index is 1160. The van der Waals surface area contributed by atoms with Crippen LogP contribution in [0.25, 0.3) is 11.3 Å². The fourth-order valence-electron chi connectivity index (χ4n) is 3.00. The number of aromatic nitrogens is 2. The van der Waals surface area contributed by atoms with E-state index in [1.807, 2.05) is 0 Å². The minimum Gasteiger partial charge on any atom is -0.466 e. The summed E-state index contributed by atoms with van der Waals surface area (Å²) in [6, 6.07) is 6.40. The van der Waals surface area contributed by atoms with E-state index >= 15 is 0 Å². The Hall–Kier alpha value is -3.56. The lowest BCUT2D eigenvalue weighted by Crippen LogP contribution is -2.35. The van der Waals surface area contributed by atoms with Crippen LogP contribution in [0.2, 0.25) is 0 Å². The van der Waals surface area contributed by atoms with Gasteiger partial charge in [-0.25, -0.2) is 4.68 Å². The molecule has 0 saturated heterocycles. The van der Waals surface area contributed by atoms with E-state index in [2.05, 4.69) is 10.4 Å². The lowest BCUT2D eigenvalue weighted by molar-refractivity contribution is -0.137. The Labute approximate surface area is 169 Å². The lowest BCUT2D eigenvalue weighted by atomic mass is 10.1. The zero-order chi connectivity index (χ0) is 22.2. The van der Waals surface area contributed by atoms with Crippen LogP contribution in [0.1, 0.15) is 30.0 Å². The molecule has 10 heteroatoms. The molecule has 3 N–H and O–H groups in total. The van der Waals surface area contributed by atoms with E-state index in [0.29, 0.717) is 22.8 Å². The second kappa shape index (κ2) is 7.69. The molecule has 0 aliphatic carbocycles. The van der Waals surface area contributed by atoms with Crippen molar-refractivity contribution in [3.8, 4) is 11.3 Å². The number of anilines is 2. The van der Waals surface area contributed by atoms with Gasteiger partial charge in [0.15, 0.2) is 0 Å². The summed E-state index contributed by atoms with van der Waals surface area (Å²) < 4.78 is 45.8. The predicted molar refractivity (Wildman–Crippen MR) is 105 cm³/mol. The second-order valence-corrected chi connectivity index (χ2v) is 6.77. The van der Waals surface area contributed by atoms with Gasteiger partial charge in [-0.3, -0.25) is 9.59 Å². The molecule has 0 aliphatic heterocycles. The number of nitrogens with one attached hydrogen (secondary N) is 1. The molecule has 0 fully saturated rings. The molecule has 3 aromatic rings. The number of furan rings is 1. The summed E-state index contributed by atoms with van der Waals surface area (Å²) in [5.41, 5.74) is 4.39. The molecule has 1 atom stereocenters. The van der Waals surface area contributed by atoms with Gasteiger partial charge in [0.25, 0.3) is 5.56 Å². The first-order chi connectivity index (χ1) is 14.0. The second-order valence-electron chi connectivity index (χ2n) is 6.77. The number of nitrogens with zero attached hydrogens (tertiary/aromatic N) is 2. The summed E-state index contributed by atoms with van der Waals surface area (Å²) in [5, 5.41) is 6.41. The molecule has 7 nitrogen and oxygen atoms in total. The number of amides is 1. The highest BCUT2D eigenvalue weighted by Crippen LogP contribution is 2.34. The Morgan fingerprint density at radius 2 is 1.90 bits per heavy atom. The zero-order valence-electron chi connectivity index (χ0n) is 16.4. The SMILES string of the molecule is Cc1cc(-c2cc(N)c(=O)n([C@H](C)C(=O)Nc3ccccc3C(F)(F)F)n2)c(C)o1. The molecule has 0 bridgehead atoms. The molecule has 2 heterocycles. The number of hydrogen-bond donors (Lipinski definition) is 2. The van der Waals surface area contributed by atoms with Crippen molar-refractivity contribution in [2.75, 3.05) is 11.1 Å². The number of carbonyl (C=O) groups excluding carboxylic acids is 1. The fraction of sp³-hybridized carbons (Fsp3) is 0.250. The number of rotatable bonds is 4. The van der Waals surface area contributed by atoms with Crippen molar-refractivity contribution in [1.29, 1.82) is 0 Å². The normalized spacial score (nSPS) is 12.6. The van der Waals surface area contributed by atoms with Crippen molar-refractivity contribution in [1.82, 2.24) is 9.78 Å². The molecule has 2 aromatic heterocycles. The van der Waals surface area contributed by atoms with Crippen molar-refractivity contribution >= 4 is 17.3 Å². The Balaban J connectivity index is 1.98. The van der Waals surface area contributed by atoms with E-state index in [4.69, 9.17) is 10.2 Å². The molecular weight excluding hydrogens is 401 g/mol. The van der Waals surface area contributed by atoms with Crippen molar-refractivity contribution < 1.29 is 22.4 Å². The fourth-order valence-corrected chi connectivity index (χ4v) is 3.00. The number of alkyl halides is 3. The van der Waals surface area contributed by atoms with Crippen LogP contribution in [0.4, 0.5) is 24.5 Å². The monoisotopic (exact) mass is 420 g/mol. The molecule has 0 spiro atoms. The maximum Gasteiger partial charge on any atom is 0.418 e. The zero-order valence-corrected chi connectivity index (χ0v) is 16.4. The van der Waals surface area contributed by atoms with Crippen molar-refractivity contribution in [3.63, 3.8) is 0 Å². The third kappa shape index (κ3) is 4.07. The maximum absolute atomic E-state index is 13.2. The molecule has 30 heavy (non-hydrogen) atoms. The summed E-state index contributed by atoms with van der Waals surface area (Å²) in [4.78, 5) is 25.1. The number of benzene rings is 1. The summed E-state index contributed by atoms with van der Waals surface area (Å²) in [6.07, 6.45) is -4.65. The molecule has 0 unspecified atom stereocenters. The molecule has 1 aromatic carbocycles. The highest BCUT2D eigenvalue weighted by atomic mass is 19.4. The largest absolute Gasteiger partial charge is 0.466 e. The first-order valence-electron chi connectivity index (χ1n) is 8.93. The van der Waals surface area contributed by atoms with Gasteiger partial charge >= 0.3 is 6.18 Å². The Morgan fingerprint density at radius 3 is 2.50 bits per heavy atom. The highest BCUT2D eigenvalue weighted by molar-refractivity contribution is 5.94. The average molecular weight is 420 g/mol. The molecule has 0 aliphatic rings. The number of nitrogen functional groups attached to an aromatic ring is 1. The molecule has 0 radical (unpaired) electrons. The van der Waals surface area contributed by atoms with Gasteiger partial charge in [0.1, 0.15) is 23.2 Å². The van der Waals surface area contributed by atoms with Crippen LogP contribution < -0.4 is 16.6 Å².